The molecule has 0 bridgehead atoms. The largest absolute Gasteiger partial charge is 0.455 e. The Kier molecular flexibility index (Phi) is 3.80. The van der Waals surface area contributed by atoms with Gasteiger partial charge in [-0.05, 0) is 17.7 Å². The number of hydrogen-bond acceptors (Lipinski definition) is 2. The first-order valence-electron chi connectivity index (χ1n) is 3.69. The van der Waals surface area contributed by atoms with Crippen LogP contribution < -0.4 is 5.18 Å². The molecule has 0 atom stereocenters. The Morgan fingerprint density at radius 3 is 2.71 bits per heavy atom. The van der Waals surface area contributed by atoms with E-state index in [0.717, 1.165) is 6.08 Å². The van der Waals surface area contributed by atoms with Crippen molar-refractivity contribution in [2.24, 2.45) is 0 Å². The number of halogens is 2. The quantitative estimate of drug-likeness (QED) is 0.781. The van der Waals surface area contributed by atoms with Crippen LogP contribution >= 0.6 is 23.2 Å². The van der Waals surface area contributed by atoms with Gasteiger partial charge in [0.1, 0.15) is 0 Å². The van der Waals surface area contributed by atoms with Gasteiger partial charge < -0.3 is 0 Å². The molecule has 0 aliphatic rings. The molecule has 0 radical (unpaired) electrons. The van der Waals surface area contributed by atoms with Crippen LogP contribution in [-0.4, -0.2) is 5.91 Å². The topological polar surface area (TPSA) is 48.1 Å². The van der Waals surface area contributed by atoms with E-state index in [1.807, 2.05) is 0 Å². The fraction of sp³-hybridized carbons (Fsp3) is 0. The van der Waals surface area contributed by atoms with Crippen LogP contribution in [0.15, 0.2) is 24.3 Å². The van der Waals surface area contributed by atoms with Gasteiger partial charge >= 0.3 is 5.91 Å². The maximum absolute atomic E-state index is 10.6. The van der Waals surface area contributed by atoms with Gasteiger partial charge in [0.2, 0.25) is 0 Å². The van der Waals surface area contributed by atoms with Gasteiger partial charge in [-0.2, -0.15) is 0 Å². The predicted molar refractivity (Wildman–Crippen MR) is 54.8 cm³/mol. The van der Waals surface area contributed by atoms with E-state index in [0.29, 0.717) is 15.6 Å². The molecule has 0 heterocycles. The average Bonchev–Trinajstić information content (AvgIpc) is 2.20. The fourth-order valence-corrected chi connectivity index (χ4v) is 1.22. The molecule has 5 heteroatoms. The standard InChI is InChI=1S/C9H5Cl2NO2/c10-7-3-1-2-6(9(7)11)4-5-8(13)12-14/h1-5H/p+1/b5-4+. The summed E-state index contributed by atoms with van der Waals surface area (Å²) >= 11 is 11.6. The molecule has 0 aromatic heterocycles. The highest BCUT2D eigenvalue weighted by atomic mass is 35.5. The number of nitrogens with one attached hydrogen (secondary N) is 1. The molecule has 1 aromatic rings. The van der Waals surface area contributed by atoms with Crippen LogP contribution in [0.4, 0.5) is 0 Å². The van der Waals surface area contributed by atoms with Crippen molar-refractivity contribution in [3.8, 4) is 0 Å². The molecule has 0 aliphatic heterocycles. The number of amides is 1. The summed E-state index contributed by atoms with van der Waals surface area (Å²) in [6.45, 7) is 0. The van der Waals surface area contributed by atoms with Gasteiger partial charge in [-0.1, -0.05) is 35.3 Å². The molecule has 1 N–H and O–H groups in total. The average molecular weight is 231 g/mol. The molecule has 1 aromatic carbocycles. The molecule has 0 fully saturated rings. The zero-order valence-electron chi connectivity index (χ0n) is 6.96. The highest BCUT2D eigenvalue weighted by molar-refractivity contribution is 6.42. The van der Waals surface area contributed by atoms with Crippen LogP contribution in [0.25, 0.3) is 6.08 Å². The molecule has 0 saturated heterocycles. The van der Waals surface area contributed by atoms with E-state index in [4.69, 9.17) is 23.2 Å². The van der Waals surface area contributed by atoms with E-state index in [-0.39, 0.29) is 0 Å². The molecule has 1 rings (SSSR count). The third kappa shape index (κ3) is 2.65. The van der Waals surface area contributed by atoms with Gasteiger partial charge in [-0.15, -0.1) is 0 Å². The first-order valence-corrected chi connectivity index (χ1v) is 4.45. The van der Waals surface area contributed by atoms with Crippen LogP contribution in [-0.2, 0) is 4.79 Å². The minimum atomic E-state index is -0.735. The maximum Gasteiger partial charge on any atom is 0.455 e. The number of nitroso groups, excluding NO2 is 1. The van der Waals surface area contributed by atoms with Crippen molar-refractivity contribution in [1.82, 2.24) is 0 Å². The minimum Gasteiger partial charge on any atom is -0.210 e. The summed E-state index contributed by atoms with van der Waals surface area (Å²) in [5.74, 6) is -0.735. The highest BCUT2D eigenvalue weighted by Crippen LogP contribution is 2.26. The summed E-state index contributed by atoms with van der Waals surface area (Å²) in [4.78, 5) is 20.5. The molecule has 0 aliphatic carbocycles. The zero-order valence-corrected chi connectivity index (χ0v) is 8.47. The molecular weight excluding hydrogens is 225 g/mol. The normalized spacial score (nSPS) is 10.4. The van der Waals surface area contributed by atoms with E-state index < -0.39 is 5.91 Å². The lowest BCUT2D eigenvalue weighted by Gasteiger charge is -1.98. The Bertz CT molecular complexity index is 402. The van der Waals surface area contributed by atoms with Crippen molar-refractivity contribution in [1.29, 1.82) is 0 Å². The van der Waals surface area contributed by atoms with Gasteiger partial charge in [0.05, 0.1) is 21.3 Å². The third-order valence-corrected chi connectivity index (χ3v) is 2.33. The third-order valence-electron chi connectivity index (χ3n) is 1.50. The van der Waals surface area contributed by atoms with Crippen LogP contribution in [0.1, 0.15) is 5.56 Å². The maximum atomic E-state index is 10.6. The summed E-state index contributed by atoms with van der Waals surface area (Å²) in [6, 6.07) is 5.01. The van der Waals surface area contributed by atoms with E-state index in [9.17, 15) is 9.70 Å². The summed E-state index contributed by atoms with van der Waals surface area (Å²) < 4.78 is 0. The SMILES string of the molecule is O=[NH+]C(=O)/C=C/c1cccc(Cl)c1Cl. The lowest BCUT2D eigenvalue weighted by Crippen LogP contribution is -2.68. The summed E-state index contributed by atoms with van der Waals surface area (Å²) in [5.41, 5.74) is 0.586. The Hall–Kier alpha value is -1.19. The molecular formula is C9H6Cl2NO2+. The second-order valence-electron chi connectivity index (χ2n) is 2.44. The van der Waals surface area contributed by atoms with Crippen molar-refractivity contribution in [3.63, 3.8) is 0 Å². The Morgan fingerprint density at radius 1 is 1.36 bits per heavy atom. The number of carbonyl (C=O) groups excluding carboxylic acids is 1. The highest BCUT2D eigenvalue weighted by Gasteiger charge is 2.03. The molecule has 0 spiro atoms. The predicted octanol–water partition coefficient (Wildman–Crippen LogP) is 1.38. The van der Waals surface area contributed by atoms with Crippen molar-refractivity contribution >= 4 is 35.2 Å². The van der Waals surface area contributed by atoms with Gasteiger partial charge in [-0.25, -0.2) is 4.79 Å². The number of rotatable bonds is 2. The van der Waals surface area contributed by atoms with Gasteiger partial charge in [0, 0.05) is 4.91 Å². The van der Waals surface area contributed by atoms with Crippen LogP contribution in [0.3, 0.4) is 0 Å². The van der Waals surface area contributed by atoms with E-state index >= 15 is 0 Å². The zero-order chi connectivity index (χ0) is 10.6. The van der Waals surface area contributed by atoms with Crippen molar-refractivity contribution < 1.29 is 9.97 Å². The van der Waals surface area contributed by atoms with Crippen LogP contribution in [0, 0.1) is 4.91 Å². The summed E-state index contributed by atoms with van der Waals surface area (Å²) in [5, 5.41) is 1.97. The molecule has 14 heavy (non-hydrogen) atoms. The number of benzene rings is 1. The van der Waals surface area contributed by atoms with E-state index in [1.54, 1.807) is 18.2 Å². The van der Waals surface area contributed by atoms with Crippen molar-refractivity contribution in [3.05, 3.63) is 44.8 Å². The Labute approximate surface area is 90.3 Å². The minimum absolute atomic E-state index is 0.351. The number of carbonyl (C=O) groups is 1. The smallest absolute Gasteiger partial charge is 0.210 e. The Morgan fingerprint density at radius 2 is 2.07 bits per heavy atom. The molecule has 0 saturated carbocycles. The number of hydrogen-bond donors (Lipinski definition) is 1. The van der Waals surface area contributed by atoms with E-state index in [2.05, 4.69) is 0 Å². The lowest BCUT2D eigenvalue weighted by molar-refractivity contribution is -0.391. The van der Waals surface area contributed by atoms with Crippen LogP contribution in [0.5, 0.6) is 0 Å². The van der Waals surface area contributed by atoms with Gasteiger partial charge in [0.25, 0.3) is 0 Å². The first kappa shape index (κ1) is 10.9. The monoisotopic (exact) mass is 230 g/mol. The van der Waals surface area contributed by atoms with Gasteiger partial charge in [-0.3, -0.25) is 0 Å². The van der Waals surface area contributed by atoms with Crippen molar-refractivity contribution in [2.75, 3.05) is 0 Å². The lowest BCUT2D eigenvalue weighted by atomic mass is 10.2. The van der Waals surface area contributed by atoms with E-state index in [1.165, 1.54) is 11.3 Å². The summed E-state index contributed by atoms with van der Waals surface area (Å²) in [7, 11) is 0. The second kappa shape index (κ2) is 4.88. The fourth-order valence-electron chi connectivity index (χ4n) is 0.849. The molecule has 0 unspecified atom stereocenters. The Balaban J connectivity index is 2.97. The summed E-state index contributed by atoms with van der Waals surface area (Å²) in [6.07, 6.45) is 2.51. The second-order valence-corrected chi connectivity index (χ2v) is 3.23. The molecule has 1 amide bonds. The van der Waals surface area contributed by atoms with Gasteiger partial charge in [0.15, 0.2) is 0 Å². The van der Waals surface area contributed by atoms with Crippen LogP contribution in [0.2, 0.25) is 10.0 Å². The first-order chi connectivity index (χ1) is 6.65. The molecule has 72 valence electrons. The van der Waals surface area contributed by atoms with Crippen molar-refractivity contribution in [2.45, 2.75) is 0 Å². The molecule has 3 nitrogen and oxygen atoms in total.